The fourth-order valence-corrected chi connectivity index (χ4v) is 2.97. The molecule has 1 heterocycles. The van der Waals surface area contributed by atoms with Crippen LogP contribution in [-0.4, -0.2) is 29.0 Å². The fraction of sp³-hybridized carbons (Fsp3) is 0.562. The highest BCUT2D eigenvalue weighted by Gasteiger charge is 2.27. The molecule has 0 aliphatic carbocycles. The quantitative estimate of drug-likeness (QED) is 0.843. The van der Waals surface area contributed by atoms with Crippen molar-refractivity contribution in [1.29, 1.82) is 0 Å². The Balaban J connectivity index is 2.27. The largest absolute Gasteiger partial charge is 0.507 e. The van der Waals surface area contributed by atoms with Crippen molar-refractivity contribution in [3.63, 3.8) is 0 Å². The number of carbonyl (C=O) groups is 1. The Bertz CT molecular complexity index is 486. The molecule has 3 nitrogen and oxygen atoms in total. The molecular formula is C16H23NO2. The summed E-state index contributed by atoms with van der Waals surface area (Å²) < 4.78 is 0. The number of nitrogens with zero attached hydrogens (tertiary/aromatic N) is 1. The summed E-state index contributed by atoms with van der Waals surface area (Å²) in [4.78, 5) is 14.4. The summed E-state index contributed by atoms with van der Waals surface area (Å²) in [5, 5.41) is 10.2. The Kier molecular flexibility index (Phi) is 3.83. The highest BCUT2D eigenvalue weighted by Crippen LogP contribution is 2.28. The number of rotatable bonds is 1. The Hall–Kier alpha value is -1.51. The van der Waals surface area contributed by atoms with Crippen molar-refractivity contribution in [2.24, 2.45) is 11.8 Å². The molecule has 1 amide bonds. The van der Waals surface area contributed by atoms with Crippen molar-refractivity contribution in [1.82, 2.24) is 4.90 Å². The molecule has 0 bridgehead atoms. The summed E-state index contributed by atoms with van der Waals surface area (Å²) in [6.07, 6.45) is 1.17. The molecule has 3 heteroatoms. The minimum atomic E-state index is -0.0426. The first kappa shape index (κ1) is 13.9. The standard InChI is InChI=1S/C16H23NO2/c1-10-7-11(2)9-17(8-10)16(19)14-6-5-12(3)13(4)15(14)18/h5-6,10-11,18H,7-9H2,1-4H3. The van der Waals surface area contributed by atoms with Gasteiger partial charge in [-0.2, -0.15) is 0 Å². The van der Waals surface area contributed by atoms with Gasteiger partial charge in [0.25, 0.3) is 5.91 Å². The van der Waals surface area contributed by atoms with Crippen LogP contribution in [0.1, 0.15) is 41.8 Å². The minimum absolute atomic E-state index is 0.0426. The second-order valence-corrected chi connectivity index (χ2v) is 6.06. The molecule has 104 valence electrons. The summed E-state index contributed by atoms with van der Waals surface area (Å²) in [6.45, 7) is 9.72. The van der Waals surface area contributed by atoms with E-state index in [4.69, 9.17) is 0 Å². The third kappa shape index (κ3) is 2.75. The molecule has 0 aromatic heterocycles. The first-order chi connectivity index (χ1) is 8.90. The third-order valence-corrected chi connectivity index (χ3v) is 4.09. The highest BCUT2D eigenvalue weighted by atomic mass is 16.3. The van der Waals surface area contributed by atoms with Gasteiger partial charge in [0.2, 0.25) is 0 Å². The zero-order valence-corrected chi connectivity index (χ0v) is 12.2. The maximum Gasteiger partial charge on any atom is 0.257 e. The molecule has 19 heavy (non-hydrogen) atoms. The van der Waals surface area contributed by atoms with Gasteiger partial charge < -0.3 is 10.0 Å². The van der Waals surface area contributed by atoms with E-state index in [9.17, 15) is 9.90 Å². The van der Waals surface area contributed by atoms with Crippen LogP contribution in [0.4, 0.5) is 0 Å². The number of hydrogen-bond donors (Lipinski definition) is 1. The van der Waals surface area contributed by atoms with Crippen LogP contribution < -0.4 is 0 Å². The van der Waals surface area contributed by atoms with Crippen LogP contribution in [0.2, 0.25) is 0 Å². The van der Waals surface area contributed by atoms with E-state index < -0.39 is 0 Å². The van der Waals surface area contributed by atoms with E-state index >= 15 is 0 Å². The van der Waals surface area contributed by atoms with Gasteiger partial charge in [0.15, 0.2) is 0 Å². The van der Waals surface area contributed by atoms with Crippen LogP contribution in [0, 0.1) is 25.7 Å². The molecule has 2 atom stereocenters. The smallest absolute Gasteiger partial charge is 0.257 e. The molecule has 1 aromatic carbocycles. The van der Waals surface area contributed by atoms with E-state index in [1.54, 1.807) is 6.07 Å². The molecule has 2 unspecified atom stereocenters. The van der Waals surface area contributed by atoms with Crippen LogP contribution >= 0.6 is 0 Å². The third-order valence-electron chi connectivity index (χ3n) is 4.09. The summed E-state index contributed by atoms with van der Waals surface area (Å²) in [5.74, 6) is 1.15. The van der Waals surface area contributed by atoms with E-state index in [0.717, 1.165) is 24.2 Å². The molecule has 1 aromatic rings. The van der Waals surface area contributed by atoms with Crippen LogP contribution in [0.25, 0.3) is 0 Å². The summed E-state index contributed by atoms with van der Waals surface area (Å²) in [6, 6.07) is 3.64. The first-order valence-corrected chi connectivity index (χ1v) is 6.98. The number of amides is 1. The summed E-state index contributed by atoms with van der Waals surface area (Å²) in [7, 11) is 0. The van der Waals surface area contributed by atoms with Crippen molar-refractivity contribution in [2.45, 2.75) is 34.1 Å². The SMILES string of the molecule is Cc1ccc(C(=O)N2CC(C)CC(C)C2)c(O)c1C. The second kappa shape index (κ2) is 5.24. The van der Waals surface area contributed by atoms with Crippen LogP contribution in [0.3, 0.4) is 0 Å². The summed E-state index contributed by atoms with van der Waals surface area (Å²) >= 11 is 0. The van der Waals surface area contributed by atoms with E-state index in [2.05, 4.69) is 13.8 Å². The molecule has 1 saturated heterocycles. The maximum atomic E-state index is 12.5. The van der Waals surface area contributed by atoms with Gasteiger partial charge in [0.1, 0.15) is 5.75 Å². The lowest BCUT2D eigenvalue weighted by molar-refractivity contribution is 0.0620. The number of phenolic OH excluding ortho intramolecular Hbond substituents is 1. The number of phenols is 1. The topological polar surface area (TPSA) is 40.5 Å². The number of hydrogen-bond acceptors (Lipinski definition) is 2. The summed E-state index contributed by atoms with van der Waals surface area (Å²) in [5.41, 5.74) is 2.24. The molecular weight excluding hydrogens is 238 g/mol. The first-order valence-electron chi connectivity index (χ1n) is 6.98. The van der Waals surface area contributed by atoms with Gasteiger partial charge in [-0.05, 0) is 49.3 Å². The second-order valence-electron chi connectivity index (χ2n) is 6.06. The van der Waals surface area contributed by atoms with Gasteiger partial charge in [0.05, 0.1) is 5.56 Å². The Morgan fingerprint density at radius 3 is 2.37 bits per heavy atom. The van der Waals surface area contributed by atoms with Gasteiger partial charge in [-0.3, -0.25) is 4.79 Å². The molecule has 0 radical (unpaired) electrons. The Labute approximate surface area is 115 Å². The van der Waals surface area contributed by atoms with E-state index in [1.165, 1.54) is 6.42 Å². The van der Waals surface area contributed by atoms with Gasteiger partial charge >= 0.3 is 0 Å². The average molecular weight is 261 g/mol. The molecule has 0 spiro atoms. The van der Waals surface area contributed by atoms with Crippen molar-refractivity contribution >= 4 is 5.91 Å². The van der Waals surface area contributed by atoms with Crippen molar-refractivity contribution in [3.8, 4) is 5.75 Å². The van der Waals surface area contributed by atoms with Gasteiger partial charge in [-0.15, -0.1) is 0 Å². The average Bonchev–Trinajstić information content (AvgIpc) is 2.34. The molecule has 1 N–H and O–H groups in total. The number of carbonyl (C=O) groups excluding carboxylic acids is 1. The lowest BCUT2D eigenvalue weighted by atomic mass is 9.91. The Morgan fingerprint density at radius 1 is 1.21 bits per heavy atom. The van der Waals surface area contributed by atoms with Crippen LogP contribution in [0.15, 0.2) is 12.1 Å². The monoisotopic (exact) mass is 261 g/mol. The number of aryl methyl sites for hydroxylation is 1. The van der Waals surface area contributed by atoms with Crippen molar-refractivity contribution in [3.05, 3.63) is 28.8 Å². The molecule has 1 aliphatic heterocycles. The molecule has 1 fully saturated rings. The van der Waals surface area contributed by atoms with E-state index in [0.29, 0.717) is 17.4 Å². The van der Waals surface area contributed by atoms with Gasteiger partial charge in [-0.25, -0.2) is 0 Å². The van der Waals surface area contributed by atoms with E-state index in [1.807, 2.05) is 24.8 Å². The zero-order chi connectivity index (χ0) is 14.2. The van der Waals surface area contributed by atoms with Gasteiger partial charge in [0, 0.05) is 13.1 Å². The zero-order valence-electron chi connectivity index (χ0n) is 12.2. The van der Waals surface area contributed by atoms with E-state index in [-0.39, 0.29) is 11.7 Å². The molecule has 1 aliphatic rings. The Morgan fingerprint density at radius 2 is 1.79 bits per heavy atom. The molecule has 2 rings (SSSR count). The van der Waals surface area contributed by atoms with Crippen molar-refractivity contribution < 1.29 is 9.90 Å². The van der Waals surface area contributed by atoms with Crippen LogP contribution in [0.5, 0.6) is 5.75 Å². The number of benzene rings is 1. The molecule has 0 saturated carbocycles. The van der Waals surface area contributed by atoms with Crippen LogP contribution in [-0.2, 0) is 0 Å². The normalized spacial score (nSPS) is 23.5. The number of piperidine rings is 1. The highest BCUT2D eigenvalue weighted by molar-refractivity contribution is 5.97. The maximum absolute atomic E-state index is 12.5. The number of aromatic hydroxyl groups is 1. The van der Waals surface area contributed by atoms with Crippen molar-refractivity contribution in [2.75, 3.05) is 13.1 Å². The fourth-order valence-electron chi connectivity index (χ4n) is 2.97. The lowest BCUT2D eigenvalue weighted by Gasteiger charge is -2.35. The predicted octanol–water partition coefficient (Wildman–Crippen LogP) is 3.13. The predicted molar refractivity (Wildman–Crippen MR) is 76.4 cm³/mol. The lowest BCUT2D eigenvalue weighted by Crippen LogP contribution is -2.42. The number of likely N-dealkylation sites (tertiary alicyclic amines) is 1. The van der Waals surface area contributed by atoms with Gasteiger partial charge in [-0.1, -0.05) is 19.9 Å². The minimum Gasteiger partial charge on any atom is -0.507 e.